The van der Waals surface area contributed by atoms with E-state index in [-0.39, 0.29) is 17.9 Å². The summed E-state index contributed by atoms with van der Waals surface area (Å²) in [6.45, 7) is 1.96. The minimum Gasteiger partial charge on any atom is -0.507 e. The second-order valence-electron chi connectivity index (χ2n) is 3.99. The number of halogens is 1. The third kappa shape index (κ3) is 3.25. The Bertz CT molecular complexity index is 599. The van der Waals surface area contributed by atoms with E-state index in [0.29, 0.717) is 5.69 Å². The average Bonchev–Trinajstić information content (AvgIpc) is 2.40. The first-order chi connectivity index (χ1) is 9.06. The van der Waals surface area contributed by atoms with Gasteiger partial charge < -0.3 is 10.4 Å². The highest BCUT2D eigenvalue weighted by molar-refractivity contribution is 5.96. The van der Waals surface area contributed by atoms with Gasteiger partial charge in [-0.05, 0) is 25.1 Å². The number of hydrogen-bond acceptors (Lipinski definition) is 4. The van der Waals surface area contributed by atoms with Gasteiger partial charge in [-0.1, -0.05) is 0 Å². The van der Waals surface area contributed by atoms with Gasteiger partial charge >= 0.3 is 0 Å². The zero-order valence-electron chi connectivity index (χ0n) is 10.2. The summed E-state index contributed by atoms with van der Waals surface area (Å²) in [4.78, 5) is 19.9. The van der Waals surface area contributed by atoms with Crippen LogP contribution in [0.3, 0.4) is 0 Å². The van der Waals surface area contributed by atoms with E-state index in [1.165, 1.54) is 0 Å². The molecule has 0 aliphatic heterocycles. The molecular weight excluding hydrogens is 249 g/mol. The Kier molecular flexibility index (Phi) is 3.70. The first-order valence-electron chi connectivity index (χ1n) is 5.60. The van der Waals surface area contributed by atoms with Gasteiger partial charge in [-0.3, -0.25) is 14.8 Å². The zero-order valence-corrected chi connectivity index (χ0v) is 10.2. The Hall–Kier alpha value is -2.50. The fourth-order valence-corrected chi connectivity index (χ4v) is 1.47. The number of rotatable bonds is 3. The third-order valence-electron chi connectivity index (χ3n) is 2.47. The highest BCUT2D eigenvalue weighted by Crippen LogP contribution is 2.17. The van der Waals surface area contributed by atoms with E-state index in [1.54, 1.807) is 19.3 Å². The number of carbonyl (C=O) groups excluding carboxylic acids is 1. The van der Waals surface area contributed by atoms with Crippen LogP contribution in [0.1, 0.15) is 21.7 Å². The maximum atomic E-state index is 13.0. The van der Waals surface area contributed by atoms with Gasteiger partial charge in [-0.15, -0.1) is 0 Å². The smallest absolute Gasteiger partial charge is 0.255 e. The Morgan fingerprint density at radius 2 is 2.16 bits per heavy atom. The predicted molar refractivity (Wildman–Crippen MR) is 66.0 cm³/mol. The summed E-state index contributed by atoms with van der Waals surface area (Å²) in [5.74, 6) is -1.42. The van der Waals surface area contributed by atoms with E-state index in [9.17, 15) is 14.3 Å². The van der Waals surface area contributed by atoms with Crippen LogP contribution in [0.25, 0.3) is 0 Å². The lowest BCUT2D eigenvalue weighted by molar-refractivity contribution is 0.0947. The molecule has 1 aromatic carbocycles. The first-order valence-corrected chi connectivity index (χ1v) is 5.60. The summed E-state index contributed by atoms with van der Waals surface area (Å²) in [6.07, 6.45) is 3.13. The highest BCUT2D eigenvalue weighted by atomic mass is 19.1. The molecule has 0 spiro atoms. The molecule has 98 valence electrons. The molecule has 19 heavy (non-hydrogen) atoms. The van der Waals surface area contributed by atoms with Crippen molar-refractivity contribution in [3.8, 4) is 5.75 Å². The zero-order chi connectivity index (χ0) is 13.8. The number of nitrogens with zero attached hydrogens (tertiary/aromatic N) is 2. The second kappa shape index (κ2) is 5.43. The second-order valence-corrected chi connectivity index (χ2v) is 3.99. The fraction of sp³-hybridized carbons (Fsp3) is 0.154. The van der Waals surface area contributed by atoms with E-state index in [1.807, 2.05) is 0 Å². The van der Waals surface area contributed by atoms with Gasteiger partial charge in [0, 0.05) is 6.20 Å². The van der Waals surface area contributed by atoms with Crippen LogP contribution in [-0.4, -0.2) is 21.0 Å². The van der Waals surface area contributed by atoms with Crippen LogP contribution in [0.15, 0.2) is 30.6 Å². The van der Waals surface area contributed by atoms with Crippen LogP contribution in [-0.2, 0) is 6.54 Å². The number of benzene rings is 1. The van der Waals surface area contributed by atoms with Crippen molar-refractivity contribution in [3.05, 3.63) is 53.4 Å². The molecule has 2 aromatic rings. The van der Waals surface area contributed by atoms with E-state index in [2.05, 4.69) is 15.3 Å². The van der Waals surface area contributed by atoms with Crippen LogP contribution in [0.5, 0.6) is 5.75 Å². The summed E-state index contributed by atoms with van der Waals surface area (Å²) < 4.78 is 13.0. The van der Waals surface area contributed by atoms with Crippen LogP contribution in [0.4, 0.5) is 4.39 Å². The standard InChI is InChI=1S/C13H12FN3O2/c1-8-5-16-10(6-15-8)7-17-13(19)11-4-9(14)2-3-12(11)18/h2-6,18H,7H2,1H3,(H,17,19). The molecule has 6 heteroatoms. The quantitative estimate of drug-likeness (QED) is 0.879. The van der Waals surface area contributed by atoms with Crippen LogP contribution >= 0.6 is 0 Å². The summed E-state index contributed by atoms with van der Waals surface area (Å²) in [6, 6.07) is 3.19. The van der Waals surface area contributed by atoms with Crippen molar-refractivity contribution in [3.63, 3.8) is 0 Å². The molecular formula is C13H12FN3O2. The van der Waals surface area contributed by atoms with Crippen molar-refractivity contribution < 1.29 is 14.3 Å². The molecule has 0 bridgehead atoms. The lowest BCUT2D eigenvalue weighted by Crippen LogP contribution is -2.23. The molecule has 1 amide bonds. The summed E-state index contributed by atoms with van der Waals surface area (Å²) >= 11 is 0. The first kappa shape index (κ1) is 12.9. The molecule has 0 saturated heterocycles. The van der Waals surface area contributed by atoms with Gasteiger partial charge in [0.05, 0.1) is 29.7 Å². The maximum Gasteiger partial charge on any atom is 0.255 e. The average molecular weight is 261 g/mol. The number of aromatic nitrogens is 2. The van der Waals surface area contributed by atoms with Gasteiger partial charge in [0.1, 0.15) is 11.6 Å². The van der Waals surface area contributed by atoms with E-state index in [4.69, 9.17) is 0 Å². The number of aromatic hydroxyl groups is 1. The van der Waals surface area contributed by atoms with Crippen molar-refractivity contribution in [2.45, 2.75) is 13.5 Å². The molecule has 1 heterocycles. The number of phenols is 1. The largest absolute Gasteiger partial charge is 0.507 e. The normalized spacial score (nSPS) is 10.2. The summed E-state index contributed by atoms with van der Waals surface area (Å²) in [5.41, 5.74) is 1.24. The number of nitrogens with one attached hydrogen (secondary N) is 1. The molecule has 2 N–H and O–H groups in total. The molecule has 0 radical (unpaired) electrons. The van der Waals surface area contributed by atoms with Crippen LogP contribution in [0, 0.1) is 12.7 Å². The van der Waals surface area contributed by atoms with E-state index < -0.39 is 11.7 Å². The fourth-order valence-electron chi connectivity index (χ4n) is 1.47. The van der Waals surface area contributed by atoms with Crippen molar-refractivity contribution >= 4 is 5.91 Å². The van der Waals surface area contributed by atoms with Gasteiger partial charge in [-0.25, -0.2) is 4.39 Å². The number of phenolic OH excluding ortho intramolecular Hbond substituents is 1. The molecule has 2 rings (SSSR count). The Labute approximate surface area is 109 Å². The van der Waals surface area contributed by atoms with Gasteiger partial charge in [0.15, 0.2) is 0 Å². The topological polar surface area (TPSA) is 75.1 Å². The van der Waals surface area contributed by atoms with Crippen LogP contribution < -0.4 is 5.32 Å². The van der Waals surface area contributed by atoms with Crippen molar-refractivity contribution in [2.75, 3.05) is 0 Å². The van der Waals surface area contributed by atoms with E-state index >= 15 is 0 Å². The summed E-state index contributed by atoms with van der Waals surface area (Å²) in [5, 5.41) is 12.0. The van der Waals surface area contributed by atoms with Crippen molar-refractivity contribution in [1.29, 1.82) is 0 Å². The Morgan fingerprint density at radius 3 is 2.84 bits per heavy atom. The number of amides is 1. The molecule has 0 unspecified atom stereocenters. The van der Waals surface area contributed by atoms with Crippen molar-refractivity contribution in [2.24, 2.45) is 0 Å². The Balaban J connectivity index is 2.05. The Morgan fingerprint density at radius 1 is 1.37 bits per heavy atom. The molecule has 0 aliphatic rings. The number of carbonyl (C=O) groups is 1. The number of aryl methyl sites for hydroxylation is 1. The van der Waals surface area contributed by atoms with Crippen molar-refractivity contribution in [1.82, 2.24) is 15.3 Å². The van der Waals surface area contributed by atoms with Gasteiger partial charge in [-0.2, -0.15) is 0 Å². The third-order valence-corrected chi connectivity index (χ3v) is 2.47. The van der Waals surface area contributed by atoms with Gasteiger partial charge in [0.2, 0.25) is 0 Å². The highest BCUT2D eigenvalue weighted by Gasteiger charge is 2.12. The molecule has 5 nitrogen and oxygen atoms in total. The van der Waals surface area contributed by atoms with Gasteiger partial charge in [0.25, 0.3) is 5.91 Å². The molecule has 0 atom stereocenters. The SMILES string of the molecule is Cc1cnc(CNC(=O)c2cc(F)ccc2O)cn1. The van der Waals surface area contributed by atoms with Crippen LogP contribution in [0.2, 0.25) is 0 Å². The lowest BCUT2D eigenvalue weighted by Gasteiger charge is -2.06. The van der Waals surface area contributed by atoms with E-state index in [0.717, 1.165) is 23.9 Å². The minimum atomic E-state index is -0.585. The monoisotopic (exact) mass is 261 g/mol. The lowest BCUT2D eigenvalue weighted by atomic mass is 10.2. The maximum absolute atomic E-state index is 13.0. The molecule has 0 fully saturated rings. The predicted octanol–water partition coefficient (Wildman–Crippen LogP) is 1.56. The molecule has 1 aromatic heterocycles. The minimum absolute atomic E-state index is 0.111. The number of hydrogen-bond donors (Lipinski definition) is 2. The molecule has 0 saturated carbocycles. The summed E-state index contributed by atoms with van der Waals surface area (Å²) in [7, 11) is 0. The molecule has 0 aliphatic carbocycles.